The normalized spacial score (nSPS) is 14.8. The van der Waals surface area contributed by atoms with Crippen molar-refractivity contribution in [3.05, 3.63) is 69.7 Å². The molecule has 2 unspecified atom stereocenters. The van der Waals surface area contributed by atoms with Crippen LogP contribution in [-0.4, -0.2) is 23.4 Å². The lowest BCUT2D eigenvalue weighted by Crippen LogP contribution is -2.25. The first-order chi connectivity index (χ1) is 13.6. The van der Waals surface area contributed by atoms with Crippen molar-refractivity contribution in [3.8, 4) is 0 Å². The fraction of sp³-hybridized carbons (Fsp3) is 0.350. The molecule has 0 fully saturated rings. The molecule has 0 spiro atoms. The Kier molecular flexibility index (Phi) is 8.11. The van der Waals surface area contributed by atoms with E-state index in [1.54, 1.807) is 31.2 Å². The summed E-state index contributed by atoms with van der Waals surface area (Å²) in [7, 11) is -5.22. The van der Waals surface area contributed by atoms with Crippen LogP contribution in [0.15, 0.2) is 53.0 Å². The van der Waals surface area contributed by atoms with Crippen LogP contribution in [0.2, 0.25) is 0 Å². The zero-order valence-electron chi connectivity index (χ0n) is 16.1. The Hall–Kier alpha value is -1.60. The van der Waals surface area contributed by atoms with Crippen LogP contribution in [0.1, 0.15) is 41.8 Å². The molecule has 0 aliphatic rings. The van der Waals surface area contributed by atoms with Gasteiger partial charge in [-0.05, 0) is 43.5 Å². The van der Waals surface area contributed by atoms with E-state index in [-0.39, 0.29) is 10.4 Å². The van der Waals surface area contributed by atoms with E-state index in [0.717, 1.165) is 6.07 Å². The third kappa shape index (κ3) is 5.95. The minimum absolute atomic E-state index is 0.00332. The first-order valence-corrected chi connectivity index (χ1v) is 11.5. The maximum atomic E-state index is 14.6. The average molecular weight is 490 g/mol. The molecular weight excluding hydrogens is 467 g/mol. The van der Waals surface area contributed by atoms with E-state index in [1.165, 1.54) is 19.1 Å². The molecule has 2 N–H and O–H groups in total. The van der Waals surface area contributed by atoms with Crippen LogP contribution in [0.4, 0.5) is 8.78 Å². The number of nitrogens with one attached hydrogen (secondary N) is 1. The Labute approximate surface area is 177 Å². The molecule has 1 amide bonds. The van der Waals surface area contributed by atoms with E-state index in [9.17, 15) is 23.0 Å². The number of carbonyl (C=O) groups is 1. The van der Waals surface area contributed by atoms with E-state index in [1.807, 2.05) is 6.07 Å². The molecule has 0 saturated heterocycles. The zero-order valence-corrected chi connectivity index (χ0v) is 18.6. The van der Waals surface area contributed by atoms with Crippen LogP contribution in [-0.2, 0) is 21.2 Å². The number of rotatable bonds is 9. The smallest absolute Gasteiger partial charge is 0.352 e. The highest BCUT2D eigenvalue weighted by molar-refractivity contribution is 9.10. The Morgan fingerprint density at radius 1 is 1.28 bits per heavy atom. The predicted molar refractivity (Wildman–Crippen MR) is 111 cm³/mol. The summed E-state index contributed by atoms with van der Waals surface area (Å²) >= 11 is 3.06. The highest BCUT2D eigenvalue weighted by atomic mass is 79.9. The van der Waals surface area contributed by atoms with Crippen molar-refractivity contribution in [2.45, 2.75) is 38.5 Å². The molecule has 0 aromatic heterocycles. The molecule has 0 bridgehead atoms. The first kappa shape index (κ1) is 23.7. The van der Waals surface area contributed by atoms with Gasteiger partial charge in [0.15, 0.2) is 0 Å². The van der Waals surface area contributed by atoms with Gasteiger partial charge >= 0.3 is 13.3 Å². The number of carbonyl (C=O) groups excluding carboxylic acids is 1. The second-order valence-electron chi connectivity index (χ2n) is 6.57. The van der Waals surface area contributed by atoms with Crippen molar-refractivity contribution < 1.29 is 27.6 Å². The maximum absolute atomic E-state index is 14.6. The molecule has 2 atom stereocenters. The molecule has 29 heavy (non-hydrogen) atoms. The van der Waals surface area contributed by atoms with E-state index in [4.69, 9.17) is 4.52 Å². The number of hydrogen-bond donors (Lipinski definition) is 2. The third-order valence-electron chi connectivity index (χ3n) is 4.35. The molecule has 0 saturated carbocycles. The second-order valence-corrected chi connectivity index (χ2v) is 9.24. The molecule has 0 radical (unpaired) electrons. The largest absolute Gasteiger partial charge is 0.402 e. The zero-order chi connectivity index (χ0) is 21.7. The fourth-order valence-corrected chi connectivity index (χ4v) is 4.60. The van der Waals surface area contributed by atoms with Gasteiger partial charge in [0.25, 0.3) is 5.91 Å². The number of alkyl halides is 2. The van der Waals surface area contributed by atoms with Crippen LogP contribution in [0, 0.1) is 0 Å². The maximum Gasteiger partial charge on any atom is 0.402 e. The van der Waals surface area contributed by atoms with E-state index in [2.05, 4.69) is 21.2 Å². The summed E-state index contributed by atoms with van der Waals surface area (Å²) in [6, 6.07) is 12.7. The van der Waals surface area contributed by atoms with Gasteiger partial charge in [-0.15, -0.1) is 0 Å². The van der Waals surface area contributed by atoms with Gasteiger partial charge in [0.2, 0.25) is 0 Å². The minimum atomic E-state index is -5.22. The van der Waals surface area contributed by atoms with Gasteiger partial charge < -0.3 is 14.7 Å². The molecular formula is C20H23BrF2NO4P. The van der Waals surface area contributed by atoms with Crippen LogP contribution in [0.3, 0.4) is 0 Å². The Morgan fingerprint density at radius 2 is 1.93 bits per heavy atom. The standard InChI is InChI=1S/C20H23BrF2NO4P/c1-3-14(2)28-29(26,27)20(22,23)17-10-9-15(13-18(17)21)11-12-24-19(25)16-7-5-4-6-8-16/h4-10,13-14H,3,11-12H2,1-2H3,(H,24,25)(H,26,27). The van der Waals surface area contributed by atoms with Crippen molar-refractivity contribution in [2.75, 3.05) is 6.54 Å². The summed E-state index contributed by atoms with van der Waals surface area (Å²) in [5.41, 5.74) is -3.47. The molecule has 0 aliphatic carbocycles. The van der Waals surface area contributed by atoms with Crippen molar-refractivity contribution >= 4 is 29.4 Å². The molecule has 0 heterocycles. The van der Waals surface area contributed by atoms with E-state index >= 15 is 0 Å². The lowest BCUT2D eigenvalue weighted by Gasteiger charge is -2.25. The summed E-state index contributed by atoms with van der Waals surface area (Å²) < 4.78 is 46.1. The Balaban J connectivity index is 2.06. The lowest BCUT2D eigenvalue weighted by atomic mass is 10.1. The molecule has 9 heteroatoms. The molecule has 158 valence electrons. The van der Waals surface area contributed by atoms with Crippen LogP contribution < -0.4 is 5.32 Å². The fourth-order valence-electron chi connectivity index (χ4n) is 2.51. The van der Waals surface area contributed by atoms with Crippen LogP contribution in [0.25, 0.3) is 0 Å². The van der Waals surface area contributed by atoms with E-state index < -0.39 is 24.9 Å². The lowest BCUT2D eigenvalue weighted by molar-refractivity contribution is 0.0341. The highest BCUT2D eigenvalue weighted by Gasteiger charge is 2.54. The SMILES string of the molecule is CCC(C)OP(=O)(O)C(F)(F)c1ccc(CCNC(=O)c2ccccc2)cc1Br. The summed E-state index contributed by atoms with van der Waals surface area (Å²) in [6.07, 6.45) is -0.0403. The average Bonchev–Trinajstić information content (AvgIpc) is 2.67. The van der Waals surface area contributed by atoms with Gasteiger partial charge in [0.05, 0.1) is 6.10 Å². The van der Waals surface area contributed by atoms with Crippen LogP contribution >= 0.6 is 23.5 Å². The van der Waals surface area contributed by atoms with Gasteiger partial charge in [-0.2, -0.15) is 8.78 Å². The van der Waals surface area contributed by atoms with Gasteiger partial charge in [-0.3, -0.25) is 9.36 Å². The summed E-state index contributed by atoms with van der Waals surface area (Å²) in [5.74, 6) is -0.226. The third-order valence-corrected chi connectivity index (χ3v) is 6.60. The van der Waals surface area contributed by atoms with Crippen LogP contribution in [0.5, 0.6) is 0 Å². The highest BCUT2D eigenvalue weighted by Crippen LogP contribution is 2.64. The molecule has 2 aromatic carbocycles. The monoisotopic (exact) mass is 489 g/mol. The topological polar surface area (TPSA) is 75.6 Å². The summed E-state index contributed by atoms with van der Waals surface area (Å²) in [6.45, 7) is 3.44. The number of benzene rings is 2. The number of amides is 1. The van der Waals surface area contributed by atoms with Crippen molar-refractivity contribution in [3.63, 3.8) is 0 Å². The van der Waals surface area contributed by atoms with E-state index in [0.29, 0.717) is 30.5 Å². The first-order valence-electron chi connectivity index (χ1n) is 9.09. The molecule has 5 nitrogen and oxygen atoms in total. The van der Waals surface area contributed by atoms with Gasteiger partial charge in [0.1, 0.15) is 0 Å². The van der Waals surface area contributed by atoms with Gasteiger partial charge in [0, 0.05) is 22.1 Å². The van der Waals surface area contributed by atoms with Crippen molar-refractivity contribution in [2.24, 2.45) is 0 Å². The quantitative estimate of drug-likeness (QED) is 0.457. The Bertz CT molecular complexity index is 895. The van der Waals surface area contributed by atoms with Crippen molar-refractivity contribution in [1.29, 1.82) is 0 Å². The second kappa shape index (κ2) is 9.94. The molecule has 0 aliphatic heterocycles. The Morgan fingerprint density at radius 3 is 2.52 bits per heavy atom. The van der Waals surface area contributed by atoms with Gasteiger partial charge in [-0.25, -0.2) is 0 Å². The van der Waals surface area contributed by atoms with Crippen molar-refractivity contribution in [1.82, 2.24) is 5.32 Å². The minimum Gasteiger partial charge on any atom is -0.352 e. The summed E-state index contributed by atoms with van der Waals surface area (Å²) in [5, 5.41) is 2.76. The number of hydrogen-bond acceptors (Lipinski definition) is 3. The molecule has 2 aromatic rings. The summed E-state index contributed by atoms with van der Waals surface area (Å²) in [4.78, 5) is 21.8. The molecule has 2 rings (SSSR count). The predicted octanol–water partition coefficient (Wildman–Crippen LogP) is 5.47. The van der Waals surface area contributed by atoms with Gasteiger partial charge in [-0.1, -0.05) is 53.2 Å². The number of halogens is 3.